The van der Waals surface area contributed by atoms with E-state index < -0.39 is 0 Å². The van der Waals surface area contributed by atoms with Crippen LogP contribution in [0.3, 0.4) is 0 Å². The van der Waals surface area contributed by atoms with Crippen LogP contribution in [0.4, 0.5) is 4.39 Å². The molecule has 0 aliphatic heterocycles. The van der Waals surface area contributed by atoms with Crippen molar-refractivity contribution in [2.45, 2.75) is 18.2 Å². The summed E-state index contributed by atoms with van der Waals surface area (Å²) < 4.78 is 12.9. The van der Waals surface area contributed by atoms with Crippen molar-refractivity contribution in [3.63, 3.8) is 0 Å². The molecule has 0 bridgehead atoms. The first kappa shape index (κ1) is 15.1. The molecule has 20 heavy (non-hydrogen) atoms. The van der Waals surface area contributed by atoms with Crippen molar-refractivity contribution < 1.29 is 9.18 Å². The Bertz CT molecular complexity index is 628. The number of halogens is 2. The van der Waals surface area contributed by atoms with Gasteiger partial charge in [-0.2, -0.15) is 0 Å². The fourth-order valence-corrected chi connectivity index (χ4v) is 2.91. The summed E-state index contributed by atoms with van der Waals surface area (Å²) in [5.41, 5.74) is 1.84. The van der Waals surface area contributed by atoms with Crippen molar-refractivity contribution in [2.24, 2.45) is 0 Å². The van der Waals surface area contributed by atoms with Gasteiger partial charge in [0.2, 0.25) is 0 Å². The van der Waals surface area contributed by atoms with Crippen molar-refractivity contribution in [2.75, 3.05) is 5.75 Å². The van der Waals surface area contributed by atoms with Gasteiger partial charge in [0.05, 0.1) is 5.75 Å². The first-order chi connectivity index (χ1) is 9.54. The molecule has 0 amide bonds. The van der Waals surface area contributed by atoms with E-state index in [0.29, 0.717) is 16.3 Å². The summed E-state index contributed by atoms with van der Waals surface area (Å²) in [5.74, 6) is 0.0716. The molecule has 0 unspecified atom stereocenters. The van der Waals surface area contributed by atoms with Crippen LogP contribution in [0.5, 0.6) is 0 Å². The molecule has 4 heteroatoms. The van der Waals surface area contributed by atoms with E-state index in [-0.39, 0.29) is 18.0 Å². The van der Waals surface area contributed by atoms with Gasteiger partial charge in [0, 0.05) is 16.3 Å². The zero-order valence-corrected chi connectivity index (χ0v) is 12.6. The van der Waals surface area contributed by atoms with Crippen LogP contribution < -0.4 is 0 Å². The zero-order chi connectivity index (χ0) is 14.5. The Balaban J connectivity index is 1.92. The number of thioether (sulfide) groups is 1. The van der Waals surface area contributed by atoms with Crippen LogP contribution in [0.25, 0.3) is 0 Å². The van der Waals surface area contributed by atoms with Crippen molar-refractivity contribution in [3.05, 3.63) is 64.4 Å². The Morgan fingerprint density at radius 3 is 2.75 bits per heavy atom. The third-order valence-corrected chi connectivity index (χ3v) is 4.20. The molecule has 0 radical (unpaired) electrons. The number of hydrogen-bond donors (Lipinski definition) is 0. The number of ketones is 1. The second-order valence-electron chi connectivity index (χ2n) is 4.56. The largest absolute Gasteiger partial charge is 0.298 e. The van der Waals surface area contributed by atoms with Crippen molar-refractivity contribution in [1.29, 1.82) is 0 Å². The Kier molecular flexibility index (Phi) is 5.21. The third kappa shape index (κ3) is 4.36. The molecule has 0 aliphatic carbocycles. The minimum Gasteiger partial charge on any atom is -0.298 e. The topological polar surface area (TPSA) is 17.1 Å². The van der Waals surface area contributed by atoms with E-state index in [1.54, 1.807) is 6.07 Å². The zero-order valence-electron chi connectivity index (χ0n) is 11.0. The SMILES string of the molecule is Cc1cccc(SCC(=O)Cc2ccc(F)cc2Cl)c1. The van der Waals surface area contributed by atoms with Crippen LogP contribution in [0, 0.1) is 12.7 Å². The van der Waals surface area contributed by atoms with Crippen LogP contribution >= 0.6 is 23.4 Å². The predicted molar refractivity (Wildman–Crippen MR) is 82.0 cm³/mol. The summed E-state index contributed by atoms with van der Waals surface area (Å²) in [4.78, 5) is 13.0. The lowest BCUT2D eigenvalue weighted by molar-refractivity contribution is -0.116. The lowest BCUT2D eigenvalue weighted by Gasteiger charge is -2.05. The van der Waals surface area contributed by atoms with E-state index in [0.717, 1.165) is 4.90 Å². The van der Waals surface area contributed by atoms with E-state index in [2.05, 4.69) is 0 Å². The minimum absolute atomic E-state index is 0.0741. The maximum atomic E-state index is 12.9. The maximum Gasteiger partial charge on any atom is 0.147 e. The monoisotopic (exact) mass is 308 g/mol. The molecule has 0 spiro atoms. The Morgan fingerprint density at radius 1 is 1.25 bits per heavy atom. The Morgan fingerprint density at radius 2 is 2.05 bits per heavy atom. The smallest absolute Gasteiger partial charge is 0.147 e. The highest BCUT2D eigenvalue weighted by Crippen LogP contribution is 2.21. The molecule has 0 atom stereocenters. The van der Waals surface area contributed by atoms with Crippen molar-refractivity contribution in [3.8, 4) is 0 Å². The summed E-state index contributed by atoms with van der Waals surface area (Å²) >= 11 is 7.42. The number of hydrogen-bond acceptors (Lipinski definition) is 2. The molecule has 1 nitrogen and oxygen atoms in total. The molecular formula is C16H14ClFOS. The molecule has 0 aliphatic rings. The summed E-state index contributed by atoms with van der Waals surface area (Å²) in [5, 5.41) is 0.305. The lowest BCUT2D eigenvalue weighted by atomic mass is 10.1. The fourth-order valence-electron chi connectivity index (χ4n) is 1.80. The minimum atomic E-state index is -0.389. The molecule has 0 aromatic heterocycles. The molecule has 2 aromatic rings. The first-order valence-electron chi connectivity index (χ1n) is 6.19. The maximum absolute atomic E-state index is 12.9. The summed E-state index contributed by atoms with van der Waals surface area (Å²) in [6.07, 6.45) is 0.234. The van der Waals surface area contributed by atoms with Gasteiger partial charge in [-0.25, -0.2) is 4.39 Å². The molecule has 2 aromatic carbocycles. The van der Waals surface area contributed by atoms with Crippen LogP contribution in [-0.4, -0.2) is 11.5 Å². The van der Waals surface area contributed by atoms with E-state index in [1.807, 2.05) is 31.2 Å². The second-order valence-corrected chi connectivity index (χ2v) is 6.01. The van der Waals surface area contributed by atoms with E-state index in [9.17, 15) is 9.18 Å². The second kappa shape index (κ2) is 6.91. The number of Topliss-reactive ketones (excluding diaryl/α,β-unsaturated/α-hetero) is 1. The highest BCUT2D eigenvalue weighted by Gasteiger charge is 2.09. The molecule has 0 heterocycles. The summed E-state index contributed by atoms with van der Waals surface area (Å²) in [6.45, 7) is 2.02. The van der Waals surface area contributed by atoms with Crippen LogP contribution in [0.1, 0.15) is 11.1 Å². The van der Waals surface area contributed by atoms with Crippen molar-refractivity contribution in [1.82, 2.24) is 0 Å². The van der Waals surface area contributed by atoms with Gasteiger partial charge < -0.3 is 0 Å². The molecule has 0 saturated carbocycles. The Hall–Kier alpha value is -1.32. The molecule has 104 valence electrons. The normalized spacial score (nSPS) is 10.6. The molecule has 2 rings (SSSR count). The fraction of sp³-hybridized carbons (Fsp3) is 0.188. The Labute approximate surface area is 127 Å². The van der Waals surface area contributed by atoms with Gasteiger partial charge in [-0.1, -0.05) is 35.4 Å². The van der Waals surface area contributed by atoms with Gasteiger partial charge in [0.1, 0.15) is 11.6 Å². The van der Waals surface area contributed by atoms with Gasteiger partial charge in [-0.15, -0.1) is 11.8 Å². The number of aryl methyl sites for hydroxylation is 1. The number of rotatable bonds is 5. The molecule has 0 N–H and O–H groups in total. The van der Waals surface area contributed by atoms with E-state index in [1.165, 1.54) is 29.5 Å². The van der Waals surface area contributed by atoms with Gasteiger partial charge in [-0.3, -0.25) is 4.79 Å². The number of carbonyl (C=O) groups excluding carboxylic acids is 1. The quantitative estimate of drug-likeness (QED) is 0.745. The first-order valence-corrected chi connectivity index (χ1v) is 7.56. The van der Waals surface area contributed by atoms with Crippen molar-refractivity contribution >= 4 is 29.1 Å². The highest BCUT2D eigenvalue weighted by atomic mass is 35.5. The lowest BCUT2D eigenvalue weighted by Crippen LogP contribution is -2.06. The molecular weight excluding hydrogens is 295 g/mol. The summed E-state index contributed by atoms with van der Waals surface area (Å²) in [6, 6.07) is 12.1. The highest BCUT2D eigenvalue weighted by molar-refractivity contribution is 8.00. The van der Waals surface area contributed by atoms with Crippen LogP contribution in [-0.2, 0) is 11.2 Å². The van der Waals surface area contributed by atoms with Gasteiger partial charge in [0.25, 0.3) is 0 Å². The number of benzene rings is 2. The average molecular weight is 309 g/mol. The number of carbonyl (C=O) groups is 1. The van der Waals surface area contributed by atoms with Gasteiger partial charge >= 0.3 is 0 Å². The average Bonchev–Trinajstić information content (AvgIpc) is 2.40. The van der Waals surface area contributed by atoms with Crippen LogP contribution in [0.2, 0.25) is 5.02 Å². The van der Waals surface area contributed by atoms with E-state index >= 15 is 0 Å². The molecule has 0 fully saturated rings. The standard InChI is InChI=1S/C16H14ClFOS/c1-11-3-2-4-15(7-11)20-10-14(19)8-12-5-6-13(18)9-16(12)17/h2-7,9H,8,10H2,1H3. The third-order valence-electron chi connectivity index (χ3n) is 2.79. The predicted octanol–water partition coefficient (Wildman–Crippen LogP) is 4.69. The van der Waals surface area contributed by atoms with Gasteiger partial charge in [-0.05, 0) is 36.8 Å². The van der Waals surface area contributed by atoms with E-state index in [4.69, 9.17) is 11.6 Å². The van der Waals surface area contributed by atoms with Gasteiger partial charge in [0.15, 0.2) is 0 Å². The summed E-state index contributed by atoms with van der Waals surface area (Å²) in [7, 11) is 0. The van der Waals surface area contributed by atoms with Crippen LogP contribution in [0.15, 0.2) is 47.4 Å². The molecule has 0 saturated heterocycles.